The molecule has 19 heavy (non-hydrogen) atoms. The Labute approximate surface area is 112 Å². The van der Waals surface area contributed by atoms with Gasteiger partial charge in [-0.05, 0) is 38.0 Å². The Morgan fingerprint density at radius 1 is 1.16 bits per heavy atom. The van der Waals surface area contributed by atoms with E-state index >= 15 is 0 Å². The summed E-state index contributed by atoms with van der Waals surface area (Å²) in [7, 11) is 1.68. The van der Waals surface area contributed by atoms with Gasteiger partial charge < -0.3 is 14.8 Å². The summed E-state index contributed by atoms with van der Waals surface area (Å²) < 4.78 is 33.4. The van der Waals surface area contributed by atoms with Gasteiger partial charge in [-0.1, -0.05) is 12.1 Å². The minimum Gasteiger partial charge on any atom is -0.435 e. The van der Waals surface area contributed by atoms with Crippen molar-refractivity contribution in [3.05, 3.63) is 29.8 Å². The van der Waals surface area contributed by atoms with E-state index in [4.69, 9.17) is 4.74 Å². The highest BCUT2D eigenvalue weighted by Crippen LogP contribution is 2.19. The van der Waals surface area contributed by atoms with E-state index in [0.29, 0.717) is 12.6 Å². The van der Waals surface area contributed by atoms with Crippen molar-refractivity contribution >= 4 is 0 Å². The summed E-state index contributed by atoms with van der Waals surface area (Å²) >= 11 is 0. The molecule has 3 nitrogen and oxygen atoms in total. The van der Waals surface area contributed by atoms with Gasteiger partial charge in [0, 0.05) is 25.8 Å². The topological polar surface area (TPSA) is 30.5 Å². The monoisotopic (exact) mass is 273 g/mol. The van der Waals surface area contributed by atoms with Crippen molar-refractivity contribution in [2.45, 2.75) is 39.0 Å². The van der Waals surface area contributed by atoms with E-state index in [2.05, 4.69) is 17.0 Å². The smallest absolute Gasteiger partial charge is 0.387 e. The first kappa shape index (κ1) is 15.9. The van der Waals surface area contributed by atoms with E-state index in [1.54, 1.807) is 31.4 Å². The van der Waals surface area contributed by atoms with Gasteiger partial charge in [0.25, 0.3) is 0 Å². The van der Waals surface area contributed by atoms with Gasteiger partial charge in [0.2, 0.25) is 0 Å². The van der Waals surface area contributed by atoms with E-state index in [1.165, 1.54) is 0 Å². The van der Waals surface area contributed by atoms with E-state index in [-0.39, 0.29) is 11.8 Å². The van der Waals surface area contributed by atoms with Crippen LogP contribution in [0.3, 0.4) is 0 Å². The van der Waals surface area contributed by atoms with E-state index in [9.17, 15) is 8.78 Å². The number of nitrogens with one attached hydrogen (secondary N) is 1. The van der Waals surface area contributed by atoms with Gasteiger partial charge >= 0.3 is 6.61 Å². The van der Waals surface area contributed by atoms with Crippen molar-refractivity contribution in [1.82, 2.24) is 5.32 Å². The van der Waals surface area contributed by atoms with Crippen LogP contribution in [0.25, 0.3) is 0 Å². The molecule has 1 N–H and O–H groups in total. The second-order valence-electron chi connectivity index (χ2n) is 4.52. The Balaban J connectivity index is 2.50. The number of halogens is 2. The third-order valence-corrected chi connectivity index (χ3v) is 2.89. The molecule has 0 aliphatic carbocycles. The minimum atomic E-state index is -2.78. The van der Waals surface area contributed by atoms with Gasteiger partial charge in [-0.15, -0.1) is 0 Å². The third-order valence-electron chi connectivity index (χ3n) is 2.89. The molecule has 0 radical (unpaired) electrons. The second kappa shape index (κ2) is 8.07. The Bertz CT molecular complexity index is 357. The maximum atomic E-state index is 12.0. The predicted octanol–water partition coefficient (Wildman–Crippen LogP) is 3.36. The molecule has 0 aromatic heterocycles. The number of alkyl halides is 2. The third kappa shape index (κ3) is 5.98. The standard InChI is InChI=1S/C14H21F2NO2/c1-10(8-9-18-3)17-11(2)12-4-6-13(7-5-12)19-14(15)16/h4-7,10-11,14,17H,8-9H2,1-3H3. The zero-order valence-corrected chi connectivity index (χ0v) is 11.5. The van der Waals surface area contributed by atoms with Crippen LogP contribution in [0.5, 0.6) is 5.75 Å². The maximum Gasteiger partial charge on any atom is 0.387 e. The number of ether oxygens (including phenoxy) is 2. The molecule has 0 heterocycles. The summed E-state index contributed by atoms with van der Waals surface area (Å²) in [6, 6.07) is 7.16. The van der Waals surface area contributed by atoms with Gasteiger partial charge in [0.15, 0.2) is 0 Å². The first-order valence-electron chi connectivity index (χ1n) is 6.32. The van der Waals surface area contributed by atoms with Gasteiger partial charge in [-0.3, -0.25) is 0 Å². The van der Waals surface area contributed by atoms with Crippen molar-refractivity contribution in [2.24, 2.45) is 0 Å². The first-order valence-corrected chi connectivity index (χ1v) is 6.32. The molecule has 2 atom stereocenters. The fraction of sp³-hybridized carbons (Fsp3) is 0.571. The summed E-state index contributed by atoms with van der Waals surface area (Å²) in [5, 5.41) is 3.42. The van der Waals surface area contributed by atoms with Crippen LogP contribution in [0, 0.1) is 0 Å². The van der Waals surface area contributed by atoms with E-state index < -0.39 is 6.61 Å². The molecule has 0 aliphatic heterocycles. The average Bonchev–Trinajstić information content (AvgIpc) is 2.36. The minimum absolute atomic E-state index is 0.146. The largest absolute Gasteiger partial charge is 0.435 e. The molecule has 2 unspecified atom stereocenters. The lowest BCUT2D eigenvalue weighted by molar-refractivity contribution is -0.0498. The molecule has 1 aromatic carbocycles. The van der Waals surface area contributed by atoms with Crippen LogP contribution in [0.1, 0.15) is 31.9 Å². The lowest BCUT2D eigenvalue weighted by Gasteiger charge is -2.20. The number of hydrogen-bond donors (Lipinski definition) is 1. The van der Waals surface area contributed by atoms with Crippen molar-refractivity contribution < 1.29 is 18.3 Å². The Kier molecular flexibility index (Phi) is 6.73. The molecular formula is C14H21F2NO2. The second-order valence-corrected chi connectivity index (χ2v) is 4.52. The van der Waals surface area contributed by atoms with Crippen LogP contribution in [0.2, 0.25) is 0 Å². The fourth-order valence-corrected chi connectivity index (χ4v) is 1.84. The average molecular weight is 273 g/mol. The first-order chi connectivity index (χ1) is 9.02. The highest BCUT2D eigenvalue weighted by Gasteiger charge is 2.10. The molecule has 0 aliphatic rings. The molecule has 0 spiro atoms. The number of hydrogen-bond acceptors (Lipinski definition) is 3. The predicted molar refractivity (Wildman–Crippen MR) is 70.6 cm³/mol. The molecule has 5 heteroatoms. The van der Waals surface area contributed by atoms with Crippen molar-refractivity contribution in [2.75, 3.05) is 13.7 Å². The van der Waals surface area contributed by atoms with Gasteiger partial charge in [-0.25, -0.2) is 0 Å². The van der Waals surface area contributed by atoms with Crippen LogP contribution in [-0.4, -0.2) is 26.4 Å². The Morgan fingerprint density at radius 2 is 1.79 bits per heavy atom. The number of benzene rings is 1. The summed E-state index contributed by atoms with van der Waals surface area (Å²) in [5.74, 6) is 0.179. The van der Waals surface area contributed by atoms with Crippen molar-refractivity contribution in [3.8, 4) is 5.75 Å². The SMILES string of the molecule is COCCC(C)NC(C)c1ccc(OC(F)F)cc1. The van der Waals surface area contributed by atoms with Crippen molar-refractivity contribution in [1.29, 1.82) is 0 Å². The molecular weight excluding hydrogens is 252 g/mol. The highest BCUT2D eigenvalue weighted by atomic mass is 19.3. The molecule has 0 bridgehead atoms. The number of rotatable bonds is 8. The maximum absolute atomic E-state index is 12.0. The molecule has 0 saturated heterocycles. The van der Waals surface area contributed by atoms with Crippen LogP contribution >= 0.6 is 0 Å². The van der Waals surface area contributed by atoms with Crippen LogP contribution in [0.4, 0.5) is 8.78 Å². The zero-order chi connectivity index (χ0) is 14.3. The molecule has 0 saturated carbocycles. The molecule has 0 amide bonds. The van der Waals surface area contributed by atoms with Crippen LogP contribution < -0.4 is 10.1 Å². The van der Waals surface area contributed by atoms with E-state index in [0.717, 1.165) is 12.0 Å². The van der Waals surface area contributed by atoms with Gasteiger partial charge in [0.05, 0.1) is 0 Å². The van der Waals surface area contributed by atoms with Crippen LogP contribution in [-0.2, 0) is 4.74 Å². The summed E-state index contributed by atoms with van der Waals surface area (Å²) in [4.78, 5) is 0. The summed E-state index contributed by atoms with van der Waals surface area (Å²) in [6.07, 6.45) is 0.924. The van der Waals surface area contributed by atoms with E-state index in [1.807, 2.05) is 6.92 Å². The lowest BCUT2D eigenvalue weighted by Crippen LogP contribution is -2.29. The Hall–Kier alpha value is -1.20. The van der Waals surface area contributed by atoms with Gasteiger partial charge in [-0.2, -0.15) is 8.78 Å². The number of methoxy groups -OCH3 is 1. The lowest BCUT2D eigenvalue weighted by atomic mass is 10.1. The quantitative estimate of drug-likeness (QED) is 0.787. The summed E-state index contributed by atoms with van der Waals surface area (Å²) in [5.41, 5.74) is 1.03. The molecule has 0 fully saturated rings. The molecule has 1 rings (SSSR count). The van der Waals surface area contributed by atoms with Crippen LogP contribution in [0.15, 0.2) is 24.3 Å². The Morgan fingerprint density at radius 3 is 2.32 bits per heavy atom. The zero-order valence-electron chi connectivity index (χ0n) is 11.5. The molecule has 108 valence electrons. The van der Waals surface area contributed by atoms with Gasteiger partial charge in [0.1, 0.15) is 5.75 Å². The summed E-state index contributed by atoms with van der Waals surface area (Å²) in [6.45, 7) is 2.05. The molecule has 1 aromatic rings. The normalized spacial score (nSPS) is 14.4. The highest BCUT2D eigenvalue weighted by molar-refractivity contribution is 5.29. The van der Waals surface area contributed by atoms with Crippen molar-refractivity contribution in [3.63, 3.8) is 0 Å². The fourth-order valence-electron chi connectivity index (χ4n) is 1.84.